The van der Waals surface area contributed by atoms with Crippen LogP contribution in [0.3, 0.4) is 0 Å². The first-order valence-corrected chi connectivity index (χ1v) is 8.70. The fourth-order valence-corrected chi connectivity index (χ4v) is 3.27. The first-order chi connectivity index (χ1) is 12.1. The molecule has 0 radical (unpaired) electrons. The maximum Gasteiger partial charge on any atom is 0.325 e. The molecular weight excluding hydrogens is 320 g/mol. The summed E-state index contributed by atoms with van der Waals surface area (Å²) in [6.07, 6.45) is 1.50. The molecule has 0 aliphatic carbocycles. The van der Waals surface area contributed by atoms with Crippen molar-refractivity contribution >= 4 is 28.9 Å². The van der Waals surface area contributed by atoms with Gasteiger partial charge in [-0.05, 0) is 31.9 Å². The maximum atomic E-state index is 12.2. The van der Waals surface area contributed by atoms with Crippen LogP contribution in [0, 0.1) is 5.92 Å². The van der Waals surface area contributed by atoms with Gasteiger partial charge in [0.2, 0.25) is 11.9 Å². The van der Waals surface area contributed by atoms with Gasteiger partial charge < -0.3 is 19.5 Å². The Balaban J connectivity index is 1.57. The van der Waals surface area contributed by atoms with Gasteiger partial charge in [-0.1, -0.05) is 12.1 Å². The molecule has 7 nitrogen and oxygen atoms in total. The zero-order chi connectivity index (χ0) is 17.8. The zero-order valence-corrected chi connectivity index (χ0v) is 14.7. The topological polar surface area (TPSA) is 76.5 Å². The number of carbonyl (C=O) groups is 2. The smallest absolute Gasteiger partial charge is 0.325 e. The minimum Gasteiger partial charge on any atom is -0.465 e. The Morgan fingerprint density at radius 3 is 2.68 bits per heavy atom. The van der Waals surface area contributed by atoms with Crippen molar-refractivity contribution in [2.75, 3.05) is 31.1 Å². The number of rotatable bonds is 5. The van der Waals surface area contributed by atoms with E-state index in [2.05, 4.69) is 20.9 Å². The summed E-state index contributed by atoms with van der Waals surface area (Å²) in [5.74, 6) is 0.401. The van der Waals surface area contributed by atoms with Crippen LogP contribution in [-0.4, -0.2) is 47.7 Å². The number of esters is 1. The molecular formula is C18H24N4O3. The molecule has 2 aromatic rings. The highest BCUT2D eigenvalue weighted by molar-refractivity contribution is 5.84. The van der Waals surface area contributed by atoms with Crippen LogP contribution in [0.4, 0.5) is 5.95 Å². The predicted octanol–water partition coefficient (Wildman–Crippen LogP) is 1.47. The molecule has 1 fully saturated rings. The van der Waals surface area contributed by atoms with Gasteiger partial charge in [0.15, 0.2) is 0 Å². The molecule has 2 heterocycles. The van der Waals surface area contributed by atoms with E-state index in [1.165, 1.54) is 0 Å². The quantitative estimate of drug-likeness (QED) is 0.831. The summed E-state index contributed by atoms with van der Waals surface area (Å²) in [5.41, 5.74) is 2.08. The van der Waals surface area contributed by atoms with E-state index in [-0.39, 0.29) is 18.4 Å². The summed E-state index contributed by atoms with van der Waals surface area (Å²) >= 11 is 0. The number of imidazole rings is 1. The third-order valence-electron chi connectivity index (χ3n) is 4.62. The lowest BCUT2D eigenvalue weighted by Gasteiger charge is -2.31. The second-order valence-electron chi connectivity index (χ2n) is 6.24. The largest absolute Gasteiger partial charge is 0.465 e. The Morgan fingerprint density at radius 1 is 1.28 bits per heavy atom. The van der Waals surface area contributed by atoms with Crippen molar-refractivity contribution in [1.82, 2.24) is 14.9 Å². The van der Waals surface area contributed by atoms with Gasteiger partial charge in [-0.25, -0.2) is 4.98 Å². The number of para-hydroxylation sites is 2. The van der Waals surface area contributed by atoms with E-state index in [0.717, 1.165) is 42.9 Å². The van der Waals surface area contributed by atoms with Gasteiger partial charge >= 0.3 is 5.97 Å². The number of aromatic nitrogens is 2. The molecule has 3 rings (SSSR count). The molecule has 7 heteroatoms. The second-order valence-corrected chi connectivity index (χ2v) is 6.24. The molecule has 134 valence electrons. The summed E-state index contributed by atoms with van der Waals surface area (Å²) in [4.78, 5) is 30.5. The van der Waals surface area contributed by atoms with E-state index in [9.17, 15) is 9.59 Å². The number of nitrogens with one attached hydrogen (secondary N) is 1. The van der Waals surface area contributed by atoms with Gasteiger partial charge in [0.25, 0.3) is 0 Å². The molecule has 0 atom stereocenters. The fourth-order valence-electron chi connectivity index (χ4n) is 3.27. The van der Waals surface area contributed by atoms with Crippen LogP contribution in [0.2, 0.25) is 0 Å². The standard InChI is InChI=1S/C18H24N4O3/c1-3-25-16(23)12-19-17(24)13-8-10-22(11-9-13)18-20-14-6-4-5-7-15(14)21(18)2/h4-7,13H,3,8-12H2,1-2H3,(H,19,24). The average Bonchev–Trinajstić information content (AvgIpc) is 2.97. The SMILES string of the molecule is CCOC(=O)CNC(=O)C1CCN(c2nc3ccccc3n2C)CC1. The zero-order valence-electron chi connectivity index (χ0n) is 14.7. The summed E-state index contributed by atoms with van der Waals surface area (Å²) in [5, 5.41) is 2.67. The van der Waals surface area contributed by atoms with Crippen molar-refractivity contribution in [2.24, 2.45) is 13.0 Å². The van der Waals surface area contributed by atoms with Crippen LogP contribution in [-0.2, 0) is 21.4 Å². The molecule has 1 aliphatic rings. The van der Waals surface area contributed by atoms with E-state index >= 15 is 0 Å². The lowest BCUT2D eigenvalue weighted by molar-refractivity contribution is -0.143. The number of benzene rings is 1. The van der Waals surface area contributed by atoms with E-state index < -0.39 is 5.97 Å². The Bertz CT molecular complexity index is 763. The molecule has 1 aromatic heterocycles. The second kappa shape index (κ2) is 7.55. The number of aryl methyl sites for hydroxylation is 1. The van der Waals surface area contributed by atoms with Crippen molar-refractivity contribution in [2.45, 2.75) is 19.8 Å². The number of hydrogen-bond acceptors (Lipinski definition) is 5. The van der Waals surface area contributed by atoms with E-state index in [0.29, 0.717) is 6.61 Å². The monoisotopic (exact) mass is 344 g/mol. The summed E-state index contributed by atoms with van der Waals surface area (Å²) < 4.78 is 6.92. The molecule has 1 N–H and O–H groups in total. The van der Waals surface area contributed by atoms with Gasteiger partial charge in [0, 0.05) is 26.1 Å². The van der Waals surface area contributed by atoms with Gasteiger partial charge in [-0.15, -0.1) is 0 Å². The number of hydrogen-bond donors (Lipinski definition) is 1. The number of piperidine rings is 1. The first-order valence-electron chi connectivity index (χ1n) is 8.70. The highest BCUT2D eigenvalue weighted by atomic mass is 16.5. The molecule has 0 bridgehead atoms. The molecule has 0 saturated carbocycles. The van der Waals surface area contributed by atoms with Crippen LogP contribution in [0.1, 0.15) is 19.8 Å². The van der Waals surface area contributed by atoms with Crippen LogP contribution in [0.25, 0.3) is 11.0 Å². The summed E-state index contributed by atoms with van der Waals surface area (Å²) in [6, 6.07) is 8.06. The van der Waals surface area contributed by atoms with Crippen LogP contribution < -0.4 is 10.2 Å². The van der Waals surface area contributed by atoms with Crippen molar-refractivity contribution in [3.63, 3.8) is 0 Å². The molecule has 1 saturated heterocycles. The van der Waals surface area contributed by atoms with Gasteiger partial charge in [0.1, 0.15) is 6.54 Å². The van der Waals surface area contributed by atoms with E-state index in [4.69, 9.17) is 9.72 Å². The minimum absolute atomic E-state index is 0.0579. The van der Waals surface area contributed by atoms with Gasteiger partial charge in [-0.3, -0.25) is 9.59 Å². The molecule has 0 spiro atoms. The number of amides is 1. The number of nitrogens with zero attached hydrogens (tertiary/aromatic N) is 3. The Kier molecular flexibility index (Phi) is 5.21. The third kappa shape index (κ3) is 3.75. The van der Waals surface area contributed by atoms with Gasteiger partial charge in [0.05, 0.1) is 17.6 Å². The first kappa shape index (κ1) is 17.3. The highest BCUT2D eigenvalue weighted by Gasteiger charge is 2.27. The van der Waals surface area contributed by atoms with Crippen molar-refractivity contribution < 1.29 is 14.3 Å². The Hall–Kier alpha value is -2.57. The highest BCUT2D eigenvalue weighted by Crippen LogP contribution is 2.25. The van der Waals surface area contributed by atoms with E-state index in [1.54, 1.807) is 6.92 Å². The Morgan fingerprint density at radius 2 is 2.00 bits per heavy atom. The van der Waals surface area contributed by atoms with Crippen molar-refractivity contribution in [3.8, 4) is 0 Å². The Labute approximate surface area is 147 Å². The van der Waals surface area contributed by atoms with Gasteiger partial charge in [-0.2, -0.15) is 0 Å². The maximum absolute atomic E-state index is 12.2. The normalized spacial score (nSPS) is 15.4. The lowest BCUT2D eigenvalue weighted by atomic mass is 9.96. The van der Waals surface area contributed by atoms with Crippen molar-refractivity contribution in [3.05, 3.63) is 24.3 Å². The number of fused-ring (bicyclic) bond motifs is 1. The number of anilines is 1. The molecule has 25 heavy (non-hydrogen) atoms. The van der Waals surface area contributed by atoms with E-state index in [1.807, 2.05) is 25.2 Å². The van der Waals surface area contributed by atoms with Crippen LogP contribution in [0.15, 0.2) is 24.3 Å². The predicted molar refractivity (Wildman–Crippen MR) is 95.3 cm³/mol. The minimum atomic E-state index is -0.395. The number of ether oxygens (including phenoxy) is 1. The summed E-state index contributed by atoms with van der Waals surface area (Å²) in [7, 11) is 2.02. The number of carbonyl (C=O) groups excluding carboxylic acids is 2. The molecule has 1 aliphatic heterocycles. The van der Waals surface area contributed by atoms with Crippen molar-refractivity contribution in [1.29, 1.82) is 0 Å². The molecule has 0 unspecified atom stereocenters. The fraction of sp³-hybridized carbons (Fsp3) is 0.500. The molecule has 1 amide bonds. The summed E-state index contributed by atoms with van der Waals surface area (Å²) in [6.45, 7) is 3.56. The van der Waals surface area contributed by atoms with Crippen LogP contribution in [0.5, 0.6) is 0 Å². The lowest BCUT2D eigenvalue weighted by Crippen LogP contribution is -2.42. The molecule has 1 aromatic carbocycles. The van der Waals surface area contributed by atoms with Crippen LogP contribution >= 0.6 is 0 Å². The average molecular weight is 344 g/mol. The third-order valence-corrected chi connectivity index (χ3v) is 4.62.